The fourth-order valence-electron chi connectivity index (χ4n) is 4.46. The topological polar surface area (TPSA) is 78.9 Å². The number of carbonyl (C=O) groups excluding carboxylic acids is 2. The normalized spacial score (nSPS) is 11.5. The van der Waals surface area contributed by atoms with Crippen LogP contribution in [-0.2, 0) is 4.57 Å². The molecule has 1 unspecified atom stereocenters. The molecule has 0 fully saturated rings. The Morgan fingerprint density at radius 2 is 1.21 bits per heavy atom. The first-order valence-electron chi connectivity index (χ1n) is 13.1. The molecule has 0 spiro atoms. The van der Waals surface area contributed by atoms with E-state index in [1.165, 1.54) is 19.2 Å². The molecular weight excluding hydrogens is 571 g/mol. The summed E-state index contributed by atoms with van der Waals surface area (Å²) in [5.41, 5.74) is 0.184. The summed E-state index contributed by atoms with van der Waals surface area (Å²) in [4.78, 5) is 27.6. The maximum absolute atomic E-state index is 14.2. The molecule has 0 N–H and O–H groups in total. The van der Waals surface area contributed by atoms with E-state index in [0.29, 0.717) is 17.1 Å². The largest absolute Gasteiger partial charge is 0.496 e. The number of halogens is 1. The second-order valence-electron chi connectivity index (χ2n) is 9.13. The van der Waals surface area contributed by atoms with Crippen molar-refractivity contribution in [2.75, 3.05) is 7.11 Å². The number of ketones is 1. The van der Waals surface area contributed by atoms with Crippen molar-refractivity contribution in [1.82, 2.24) is 0 Å². The lowest BCUT2D eigenvalue weighted by Crippen LogP contribution is -2.21. The average molecular weight is 597 g/mol. The molecule has 210 valence electrons. The molecule has 0 aromatic heterocycles. The molecule has 8 heteroatoms. The Morgan fingerprint density at radius 1 is 0.667 bits per heavy atom. The number of benzene rings is 5. The van der Waals surface area contributed by atoms with E-state index >= 15 is 0 Å². The van der Waals surface area contributed by atoms with Crippen molar-refractivity contribution >= 4 is 36.0 Å². The molecule has 0 aliphatic rings. The first kappa shape index (κ1) is 28.9. The first-order valence-corrected chi connectivity index (χ1v) is 14.8. The van der Waals surface area contributed by atoms with Crippen molar-refractivity contribution in [1.29, 1.82) is 0 Å². The summed E-state index contributed by atoms with van der Waals surface area (Å²) in [6.45, 7) is 0. The second-order valence-corrected chi connectivity index (χ2v) is 11.2. The number of hydrogen-bond donors (Lipinski definition) is 0. The van der Waals surface area contributed by atoms with Crippen LogP contribution in [0.2, 0.25) is 5.02 Å². The van der Waals surface area contributed by atoms with Gasteiger partial charge in [0.2, 0.25) is 5.52 Å². The highest BCUT2D eigenvalue weighted by Gasteiger charge is 2.29. The maximum Gasteiger partial charge on any atom is 0.268 e. The Kier molecular flexibility index (Phi) is 9.18. The van der Waals surface area contributed by atoms with Crippen LogP contribution in [0.25, 0.3) is 0 Å². The van der Waals surface area contributed by atoms with E-state index in [-0.39, 0.29) is 32.8 Å². The van der Waals surface area contributed by atoms with Crippen molar-refractivity contribution < 1.29 is 28.4 Å². The van der Waals surface area contributed by atoms with E-state index in [4.69, 9.17) is 25.8 Å². The van der Waals surface area contributed by atoms with Crippen molar-refractivity contribution in [3.8, 4) is 17.2 Å². The van der Waals surface area contributed by atoms with Gasteiger partial charge in [0.15, 0.2) is 13.6 Å². The van der Waals surface area contributed by atoms with E-state index in [2.05, 4.69) is 0 Å². The van der Waals surface area contributed by atoms with Gasteiger partial charge < -0.3 is 18.8 Å². The molecule has 0 saturated carbocycles. The molecule has 5 aromatic rings. The highest BCUT2D eigenvalue weighted by Crippen LogP contribution is 2.37. The third-order valence-corrected chi connectivity index (χ3v) is 8.38. The molecular formula is C34H26ClO6P. The molecule has 0 aliphatic heterocycles. The lowest BCUT2D eigenvalue weighted by Gasteiger charge is -2.23. The smallest absolute Gasteiger partial charge is 0.268 e. The molecule has 0 saturated heterocycles. The minimum absolute atomic E-state index is 0.0146. The molecule has 0 radical (unpaired) electrons. The fraction of sp³-hybridized carbons (Fsp3) is 0.0588. The zero-order chi connectivity index (χ0) is 29.5. The molecule has 0 bridgehead atoms. The summed E-state index contributed by atoms with van der Waals surface area (Å²) >= 11 is 6.30. The molecule has 0 amide bonds. The van der Waals surface area contributed by atoms with Gasteiger partial charge in [-0.15, -0.1) is 0 Å². The van der Waals surface area contributed by atoms with E-state index < -0.39 is 25.4 Å². The van der Waals surface area contributed by atoms with Crippen LogP contribution in [0.4, 0.5) is 0 Å². The molecule has 5 rings (SSSR count). The summed E-state index contributed by atoms with van der Waals surface area (Å²) in [5, 5.41) is 0.240. The van der Waals surface area contributed by atoms with Crippen LogP contribution >= 0.6 is 19.4 Å². The quantitative estimate of drug-likeness (QED) is 0.0881. The van der Waals surface area contributed by atoms with Gasteiger partial charge in [-0.1, -0.05) is 103 Å². The molecule has 42 heavy (non-hydrogen) atoms. The minimum Gasteiger partial charge on any atom is -0.496 e. The van der Waals surface area contributed by atoms with Gasteiger partial charge in [0.05, 0.1) is 17.7 Å². The lowest BCUT2D eigenvalue weighted by atomic mass is 9.98. The molecule has 0 aliphatic carbocycles. The Balaban J connectivity index is 1.54. The molecule has 6 nitrogen and oxygen atoms in total. The van der Waals surface area contributed by atoms with Crippen molar-refractivity contribution in [2.24, 2.45) is 0 Å². The lowest BCUT2D eigenvalue weighted by molar-refractivity contribution is 0.00324. The third-order valence-electron chi connectivity index (χ3n) is 6.48. The van der Waals surface area contributed by atoms with Gasteiger partial charge >= 0.3 is 0 Å². The Hall–Kier alpha value is -4.64. The minimum atomic E-state index is -3.20. The zero-order valence-corrected chi connectivity index (χ0v) is 24.3. The standard InChI is InChI=1S/C34H26ClO6P/c1-39-29-21-12-20-28(35)31(29)33(37)42(38)30-22-11-10-19-27(30)32(36)25-17-8-9-18-26(25)34(40-23-13-4-2-5-14-23)41-24-15-6-3-7-16-24/h2-22,34,42H,1H3. The van der Waals surface area contributed by atoms with Gasteiger partial charge in [0.1, 0.15) is 17.2 Å². The summed E-state index contributed by atoms with van der Waals surface area (Å²) in [5.74, 6) is 0.867. The Morgan fingerprint density at radius 3 is 1.83 bits per heavy atom. The van der Waals surface area contributed by atoms with Crippen LogP contribution in [0.1, 0.15) is 38.1 Å². The van der Waals surface area contributed by atoms with Crippen LogP contribution in [0, 0.1) is 0 Å². The van der Waals surface area contributed by atoms with Crippen LogP contribution < -0.4 is 19.5 Å². The van der Waals surface area contributed by atoms with Crippen LogP contribution in [-0.4, -0.2) is 18.4 Å². The number of methoxy groups -OCH3 is 1. The molecule has 5 aromatic carbocycles. The number of carbonyl (C=O) groups is 2. The van der Waals surface area contributed by atoms with Crippen LogP contribution in [0.15, 0.2) is 127 Å². The maximum atomic E-state index is 14.2. The van der Waals surface area contributed by atoms with Crippen molar-refractivity contribution in [3.63, 3.8) is 0 Å². The summed E-state index contributed by atoms with van der Waals surface area (Å²) in [6.07, 6.45) is -0.992. The average Bonchev–Trinajstić information content (AvgIpc) is 3.04. The summed E-state index contributed by atoms with van der Waals surface area (Å²) in [7, 11) is -1.80. The Bertz CT molecular complexity index is 1700. The summed E-state index contributed by atoms with van der Waals surface area (Å²) < 4.78 is 31.5. The van der Waals surface area contributed by atoms with Gasteiger partial charge in [0, 0.05) is 22.0 Å². The van der Waals surface area contributed by atoms with Gasteiger partial charge in [-0.3, -0.25) is 9.59 Å². The van der Waals surface area contributed by atoms with Crippen molar-refractivity contribution in [2.45, 2.75) is 6.29 Å². The van der Waals surface area contributed by atoms with Gasteiger partial charge in [0.25, 0.3) is 6.29 Å². The third kappa shape index (κ3) is 6.31. The molecule has 0 heterocycles. The monoisotopic (exact) mass is 596 g/mol. The highest BCUT2D eigenvalue weighted by molar-refractivity contribution is 7.71. The van der Waals surface area contributed by atoms with Crippen LogP contribution in [0.5, 0.6) is 17.2 Å². The van der Waals surface area contributed by atoms with E-state index in [0.717, 1.165) is 0 Å². The summed E-state index contributed by atoms with van der Waals surface area (Å²) in [6, 6.07) is 36.3. The first-order chi connectivity index (χ1) is 20.5. The van der Waals surface area contributed by atoms with E-state index in [1.54, 1.807) is 78.9 Å². The SMILES string of the molecule is COc1cccc(Cl)c1C(=O)[PH](=O)c1ccccc1C(=O)c1ccccc1C(Oc1ccccc1)Oc1ccccc1. The van der Waals surface area contributed by atoms with Crippen LogP contribution in [0.3, 0.4) is 0 Å². The van der Waals surface area contributed by atoms with E-state index in [9.17, 15) is 14.2 Å². The Labute approximate surface area is 249 Å². The van der Waals surface area contributed by atoms with Crippen molar-refractivity contribution in [3.05, 3.63) is 155 Å². The predicted molar refractivity (Wildman–Crippen MR) is 164 cm³/mol. The zero-order valence-electron chi connectivity index (χ0n) is 22.5. The van der Waals surface area contributed by atoms with Gasteiger partial charge in [-0.2, -0.15) is 0 Å². The number of para-hydroxylation sites is 2. The predicted octanol–water partition coefficient (Wildman–Crippen LogP) is 7.76. The number of rotatable bonds is 11. The second kappa shape index (κ2) is 13.3. The van der Waals surface area contributed by atoms with E-state index in [1.807, 2.05) is 36.4 Å². The number of hydrogen-bond acceptors (Lipinski definition) is 6. The highest BCUT2D eigenvalue weighted by atomic mass is 35.5. The van der Waals surface area contributed by atoms with Gasteiger partial charge in [-0.25, -0.2) is 0 Å². The number of ether oxygens (including phenoxy) is 3. The fourth-order valence-corrected chi connectivity index (χ4v) is 6.21. The molecule has 1 atom stereocenters. The van der Waals surface area contributed by atoms with Gasteiger partial charge in [-0.05, 0) is 36.4 Å².